The van der Waals surface area contributed by atoms with Crippen LogP contribution in [-0.2, 0) is 4.74 Å². The van der Waals surface area contributed by atoms with Crippen molar-refractivity contribution in [3.05, 3.63) is 34.4 Å². The van der Waals surface area contributed by atoms with E-state index in [-0.39, 0.29) is 12.4 Å². The van der Waals surface area contributed by atoms with E-state index in [0.29, 0.717) is 12.5 Å². The normalized spacial score (nSPS) is 11.1. The van der Waals surface area contributed by atoms with Gasteiger partial charge in [0, 0.05) is 12.2 Å². The van der Waals surface area contributed by atoms with Gasteiger partial charge in [0.15, 0.2) is 5.78 Å². The predicted molar refractivity (Wildman–Crippen MR) is 79.9 cm³/mol. The predicted octanol–water partition coefficient (Wildman–Crippen LogP) is 4.25. The van der Waals surface area contributed by atoms with E-state index < -0.39 is 0 Å². The minimum absolute atomic E-state index is 0.0968. The first-order valence-corrected chi connectivity index (χ1v) is 7.10. The Morgan fingerprint density at radius 2 is 1.74 bits per heavy atom. The van der Waals surface area contributed by atoms with Gasteiger partial charge in [-0.05, 0) is 50.7 Å². The van der Waals surface area contributed by atoms with Crippen molar-refractivity contribution in [3.63, 3.8) is 0 Å². The van der Waals surface area contributed by atoms with E-state index in [2.05, 4.69) is 32.9 Å². The van der Waals surface area contributed by atoms with E-state index in [9.17, 15) is 4.79 Å². The lowest BCUT2D eigenvalue weighted by molar-refractivity contribution is 0.0748. The molecule has 0 aromatic heterocycles. The Kier molecular flexibility index (Phi) is 6.23. The molecule has 2 heteroatoms. The molecule has 2 nitrogen and oxygen atoms in total. The van der Waals surface area contributed by atoms with Crippen LogP contribution in [0.5, 0.6) is 0 Å². The second kappa shape index (κ2) is 7.44. The summed E-state index contributed by atoms with van der Waals surface area (Å²) in [6.45, 7) is 11.3. The van der Waals surface area contributed by atoms with Crippen molar-refractivity contribution < 1.29 is 9.53 Å². The highest BCUT2D eigenvalue weighted by atomic mass is 16.5. The average molecular weight is 262 g/mol. The second-order valence-electron chi connectivity index (χ2n) is 5.79. The number of rotatable bonds is 7. The van der Waals surface area contributed by atoms with Gasteiger partial charge in [-0.15, -0.1) is 0 Å². The van der Waals surface area contributed by atoms with Crippen molar-refractivity contribution >= 4 is 5.78 Å². The summed E-state index contributed by atoms with van der Waals surface area (Å²) >= 11 is 0. The highest BCUT2D eigenvalue weighted by Gasteiger charge is 2.12. The van der Waals surface area contributed by atoms with E-state index in [1.165, 1.54) is 5.56 Å². The molecule has 1 aromatic carbocycles. The lowest BCUT2D eigenvalue weighted by atomic mass is 9.97. The molecule has 0 aliphatic rings. The molecule has 19 heavy (non-hydrogen) atoms. The Morgan fingerprint density at radius 3 is 2.26 bits per heavy atom. The van der Waals surface area contributed by atoms with Crippen molar-refractivity contribution in [1.29, 1.82) is 0 Å². The van der Waals surface area contributed by atoms with Crippen molar-refractivity contribution in [2.75, 3.05) is 13.2 Å². The molecule has 0 spiro atoms. The third-order valence-electron chi connectivity index (χ3n) is 3.26. The van der Waals surface area contributed by atoms with E-state index in [1.54, 1.807) is 0 Å². The second-order valence-corrected chi connectivity index (χ2v) is 5.79. The first-order chi connectivity index (χ1) is 8.91. The van der Waals surface area contributed by atoms with E-state index in [1.807, 2.05) is 13.8 Å². The number of aryl methyl sites for hydroxylation is 3. The molecular weight excluding hydrogens is 236 g/mol. The lowest BCUT2D eigenvalue weighted by Crippen LogP contribution is -2.13. The van der Waals surface area contributed by atoms with Crippen LogP contribution < -0.4 is 0 Å². The van der Waals surface area contributed by atoms with E-state index in [4.69, 9.17) is 4.74 Å². The average Bonchev–Trinajstić information content (AvgIpc) is 2.26. The molecule has 0 fully saturated rings. The van der Waals surface area contributed by atoms with Crippen LogP contribution >= 0.6 is 0 Å². The van der Waals surface area contributed by atoms with Gasteiger partial charge in [0.2, 0.25) is 0 Å². The monoisotopic (exact) mass is 262 g/mol. The Balaban J connectivity index is 2.50. The summed E-state index contributed by atoms with van der Waals surface area (Å²) in [6, 6.07) is 4.11. The van der Waals surface area contributed by atoms with Crippen molar-refractivity contribution in [1.82, 2.24) is 0 Å². The molecular formula is C17H26O2. The van der Waals surface area contributed by atoms with Crippen LogP contribution in [0.15, 0.2) is 12.1 Å². The minimum atomic E-state index is 0.0968. The molecule has 0 amide bonds. The summed E-state index contributed by atoms with van der Waals surface area (Å²) in [5, 5.41) is 0. The van der Waals surface area contributed by atoms with Gasteiger partial charge in [-0.1, -0.05) is 31.5 Å². The highest BCUT2D eigenvalue weighted by molar-refractivity contribution is 5.99. The summed E-state index contributed by atoms with van der Waals surface area (Å²) in [6.07, 6.45) is 2.17. The fraction of sp³-hybridized carbons (Fsp3) is 0.588. The van der Waals surface area contributed by atoms with E-state index in [0.717, 1.165) is 29.5 Å². The molecule has 106 valence electrons. The van der Waals surface area contributed by atoms with Gasteiger partial charge in [-0.25, -0.2) is 0 Å². The summed E-state index contributed by atoms with van der Waals surface area (Å²) in [5.74, 6) is 0.792. The SMILES string of the molecule is Cc1cc(C)c(C(=O)COCCCC(C)C)c(C)c1. The first kappa shape index (κ1) is 15.9. The summed E-state index contributed by atoms with van der Waals surface area (Å²) in [4.78, 5) is 12.2. The lowest BCUT2D eigenvalue weighted by Gasteiger charge is -2.11. The minimum Gasteiger partial charge on any atom is -0.373 e. The molecule has 0 N–H and O–H groups in total. The molecule has 0 aliphatic carbocycles. The van der Waals surface area contributed by atoms with Gasteiger partial charge < -0.3 is 4.74 Å². The Hall–Kier alpha value is -1.15. The molecule has 1 aromatic rings. The number of benzene rings is 1. The number of ether oxygens (including phenoxy) is 1. The maximum atomic E-state index is 12.2. The zero-order valence-corrected chi connectivity index (χ0v) is 12.9. The fourth-order valence-electron chi connectivity index (χ4n) is 2.45. The zero-order valence-electron chi connectivity index (χ0n) is 12.9. The Labute approximate surface area is 117 Å². The molecule has 0 bridgehead atoms. The summed E-state index contributed by atoms with van der Waals surface area (Å²) < 4.78 is 5.49. The van der Waals surface area contributed by atoms with Crippen molar-refractivity contribution in [2.24, 2.45) is 5.92 Å². The van der Waals surface area contributed by atoms with Crippen LogP contribution in [0.25, 0.3) is 0 Å². The van der Waals surface area contributed by atoms with Crippen LogP contribution in [0.2, 0.25) is 0 Å². The number of carbonyl (C=O) groups is 1. The molecule has 1 rings (SSSR count). The number of hydrogen-bond acceptors (Lipinski definition) is 2. The molecule has 0 heterocycles. The van der Waals surface area contributed by atoms with Crippen molar-refractivity contribution in [3.8, 4) is 0 Å². The van der Waals surface area contributed by atoms with Gasteiger partial charge >= 0.3 is 0 Å². The van der Waals surface area contributed by atoms with Crippen molar-refractivity contribution in [2.45, 2.75) is 47.5 Å². The molecule has 0 atom stereocenters. The topological polar surface area (TPSA) is 26.3 Å². The number of ketones is 1. The van der Waals surface area contributed by atoms with Gasteiger partial charge in [0.1, 0.15) is 6.61 Å². The van der Waals surface area contributed by atoms with Gasteiger partial charge in [0.05, 0.1) is 0 Å². The van der Waals surface area contributed by atoms with Crippen LogP contribution in [-0.4, -0.2) is 19.0 Å². The molecule has 0 saturated carbocycles. The summed E-state index contributed by atoms with van der Waals surface area (Å²) in [5.41, 5.74) is 4.13. The van der Waals surface area contributed by atoms with Gasteiger partial charge in [0.25, 0.3) is 0 Å². The number of Topliss-reactive ketones (excluding diaryl/α,β-unsaturated/α-hetero) is 1. The number of carbonyl (C=O) groups excluding carboxylic acids is 1. The van der Waals surface area contributed by atoms with Gasteiger partial charge in [-0.3, -0.25) is 4.79 Å². The molecule has 0 aliphatic heterocycles. The Morgan fingerprint density at radius 1 is 1.16 bits per heavy atom. The smallest absolute Gasteiger partial charge is 0.188 e. The Bertz CT molecular complexity index is 410. The van der Waals surface area contributed by atoms with Crippen LogP contribution in [0.3, 0.4) is 0 Å². The third-order valence-corrected chi connectivity index (χ3v) is 3.26. The maximum Gasteiger partial charge on any atom is 0.188 e. The van der Waals surface area contributed by atoms with Crippen LogP contribution in [0.1, 0.15) is 53.7 Å². The number of hydrogen-bond donors (Lipinski definition) is 0. The zero-order chi connectivity index (χ0) is 14.4. The van der Waals surface area contributed by atoms with E-state index >= 15 is 0 Å². The van der Waals surface area contributed by atoms with Crippen LogP contribution in [0, 0.1) is 26.7 Å². The fourth-order valence-corrected chi connectivity index (χ4v) is 2.45. The molecule has 0 saturated heterocycles. The third kappa shape index (κ3) is 5.15. The molecule has 0 radical (unpaired) electrons. The van der Waals surface area contributed by atoms with Gasteiger partial charge in [-0.2, -0.15) is 0 Å². The maximum absolute atomic E-state index is 12.2. The highest BCUT2D eigenvalue weighted by Crippen LogP contribution is 2.17. The van der Waals surface area contributed by atoms with Crippen LogP contribution in [0.4, 0.5) is 0 Å². The summed E-state index contributed by atoms with van der Waals surface area (Å²) in [7, 11) is 0. The quantitative estimate of drug-likeness (QED) is 0.542. The molecule has 0 unspecified atom stereocenters. The first-order valence-electron chi connectivity index (χ1n) is 7.10. The standard InChI is InChI=1S/C17H26O2/c1-12(2)7-6-8-19-11-16(18)17-14(4)9-13(3)10-15(17)5/h9-10,12H,6-8,11H2,1-5H3. The largest absolute Gasteiger partial charge is 0.373 e.